The summed E-state index contributed by atoms with van der Waals surface area (Å²) in [6.45, 7) is 9.14. The van der Waals surface area contributed by atoms with Crippen molar-refractivity contribution in [2.24, 2.45) is 0 Å². The average molecular weight is 465 g/mol. The van der Waals surface area contributed by atoms with Gasteiger partial charge < -0.3 is 9.47 Å². The lowest BCUT2D eigenvalue weighted by molar-refractivity contribution is -0.153. The molecule has 0 aliphatic heterocycles. The lowest BCUT2D eigenvalue weighted by atomic mass is 10.0. The lowest BCUT2D eigenvalue weighted by Crippen LogP contribution is -2.24. The Morgan fingerprint density at radius 2 is 0.970 bits per heavy atom. The van der Waals surface area contributed by atoms with Gasteiger partial charge in [0.15, 0.2) is 0 Å². The molecule has 0 bridgehead atoms. The summed E-state index contributed by atoms with van der Waals surface area (Å²) in [6, 6.07) is 0. The molecule has 4 nitrogen and oxygen atoms in total. The van der Waals surface area contributed by atoms with Gasteiger partial charge in [0.2, 0.25) is 0 Å². The predicted molar refractivity (Wildman–Crippen MR) is 139 cm³/mol. The summed E-state index contributed by atoms with van der Waals surface area (Å²) in [4.78, 5) is 22.7. The second-order valence-electron chi connectivity index (χ2n) is 9.25. The third kappa shape index (κ3) is 23.4. The molecular formula is C29H52O4. The van der Waals surface area contributed by atoms with Crippen LogP contribution in [-0.2, 0) is 19.1 Å². The molecule has 0 radical (unpaired) electrons. The van der Waals surface area contributed by atoms with E-state index >= 15 is 0 Å². The molecule has 1 atom stereocenters. The average Bonchev–Trinajstić information content (AvgIpc) is 2.83. The first kappa shape index (κ1) is 31.4. The third-order valence-electron chi connectivity index (χ3n) is 6.16. The van der Waals surface area contributed by atoms with Gasteiger partial charge in [0, 0.05) is 12.2 Å². The van der Waals surface area contributed by atoms with E-state index in [9.17, 15) is 9.59 Å². The summed E-state index contributed by atoms with van der Waals surface area (Å²) in [5, 5.41) is 0. The van der Waals surface area contributed by atoms with Crippen LogP contribution in [0.1, 0.15) is 135 Å². The fraction of sp³-hybridized carbons (Fsp3) is 0.793. The van der Waals surface area contributed by atoms with E-state index in [4.69, 9.17) is 9.47 Å². The normalized spacial score (nSPS) is 11.7. The van der Waals surface area contributed by atoms with E-state index < -0.39 is 18.0 Å². The van der Waals surface area contributed by atoms with Gasteiger partial charge in [0.1, 0.15) is 12.7 Å². The molecule has 0 saturated carbocycles. The van der Waals surface area contributed by atoms with E-state index in [1.165, 1.54) is 109 Å². The number of hydrogen-bond donors (Lipinski definition) is 0. The van der Waals surface area contributed by atoms with Gasteiger partial charge in [-0.3, -0.25) is 0 Å². The topological polar surface area (TPSA) is 52.6 Å². The molecule has 0 aliphatic rings. The van der Waals surface area contributed by atoms with E-state index in [2.05, 4.69) is 20.1 Å². The number of unbranched alkanes of at least 4 members (excludes halogenated alkanes) is 18. The van der Waals surface area contributed by atoms with Crippen molar-refractivity contribution in [3.63, 3.8) is 0 Å². The Kier molecular flexibility index (Phi) is 23.9. The fourth-order valence-electron chi connectivity index (χ4n) is 4.07. The SMILES string of the molecule is C=CC(=O)OCC(CCCCCCCCCCCCCCCCCCCCC)OC(=O)C=C. The first-order valence-corrected chi connectivity index (χ1v) is 13.8. The minimum absolute atomic E-state index is 0.0729. The number of ether oxygens (including phenoxy) is 2. The van der Waals surface area contributed by atoms with Gasteiger partial charge in [0.25, 0.3) is 0 Å². The molecule has 0 heterocycles. The monoisotopic (exact) mass is 464 g/mol. The fourth-order valence-corrected chi connectivity index (χ4v) is 4.07. The number of rotatable bonds is 25. The zero-order chi connectivity index (χ0) is 24.4. The largest absolute Gasteiger partial charge is 0.459 e. The molecule has 0 rings (SSSR count). The summed E-state index contributed by atoms with van der Waals surface area (Å²) in [7, 11) is 0. The van der Waals surface area contributed by atoms with E-state index in [0.717, 1.165) is 25.0 Å². The van der Waals surface area contributed by atoms with Crippen molar-refractivity contribution in [2.75, 3.05) is 6.61 Å². The Morgan fingerprint density at radius 1 is 0.606 bits per heavy atom. The molecule has 0 aromatic heterocycles. The van der Waals surface area contributed by atoms with Crippen molar-refractivity contribution in [1.82, 2.24) is 0 Å². The minimum atomic E-state index is -0.497. The molecule has 0 N–H and O–H groups in total. The Balaban J connectivity index is 3.45. The van der Waals surface area contributed by atoms with Gasteiger partial charge in [-0.2, -0.15) is 0 Å². The summed E-state index contributed by atoms with van der Waals surface area (Å²) in [5.74, 6) is -0.977. The second kappa shape index (κ2) is 25.1. The number of esters is 2. The third-order valence-corrected chi connectivity index (χ3v) is 6.16. The summed E-state index contributed by atoms with van der Waals surface area (Å²) >= 11 is 0. The van der Waals surface area contributed by atoms with Crippen LogP contribution in [0.2, 0.25) is 0 Å². The predicted octanol–water partition coefficient (Wildman–Crippen LogP) is 8.64. The highest BCUT2D eigenvalue weighted by Crippen LogP contribution is 2.15. The molecule has 0 saturated heterocycles. The van der Waals surface area contributed by atoms with E-state index in [1.807, 2.05) is 0 Å². The standard InChI is InChI=1S/C29H52O4/c1-4-7-8-9-10-11-12-13-14-15-16-17-18-19-20-21-22-23-24-25-27(33-29(31)6-3)26-32-28(30)5-2/h5-6,27H,2-4,7-26H2,1H3. The molecule has 1 unspecified atom stereocenters. The van der Waals surface area contributed by atoms with Crippen LogP contribution >= 0.6 is 0 Å². The van der Waals surface area contributed by atoms with Gasteiger partial charge >= 0.3 is 11.9 Å². The maximum atomic E-state index is 11.4. The summed E-state index contributed by atoms with van der Waals surface area (Å²) in [5.41, 5.74) is 0. The van der Waals surface area contributed by atoms with Gasteiger partial charge in [-0.1, -0.05) is 136 Å². The van der Waals surface area contributed by atoms with Gasteiger partial charge in [-0.25, -0.2) is 9.59 Å². The molecule has 0 aliphatic carbocycles. The molecule has 0 fully saturated rings. The van der Waals surface area contributed by atoms with Gasteiger partial charge in [-0.05, 0) is 12.8 Å². The van der Waals surface area contributed by atoms with Crippen LogP contribution in [0.5, 0.6) is 0 Å². The maximum absolute atomic E-state index is 11.4. The minimum Gasteiger partial charge on any atom is -0.459 e. The van der Waals surface area contributed by atoms with Gasteiger partial charge in [-0.15, -0.1) is 0 Å². The zero-order valence-electron chi connectivity index (χ0n) is 21.6. The van der Waals surface area contributed by atoms with Crippen molar-refractivity contribution < 1.29 is 19.1 Å². The van der Waals surface area contributed by atoms with Crippen LogP contribution in [0.25, 0.3) is 0 Å². The molecule has 33 heavy (non-hydrogen) atoms. The number of hydrogen-bond acceptors (Lipinski definition) is 4. The van der Waals surface area contributed by atoms with Crippen molar-refractivity contribution in [1.29, 1.82) is 0 Å². The molecule has 4 heteroatoms. The number of carbonyl (C=O) groups is 2. The Hall–Kier alpha value is -1.58. The van der Waals surface area contributed by atoms with Gasteiger partial charge in [0.05, 0.1) is 0 Å². The van der Waals surface area contributed by atoms with E-state index in [0.29, 0.717) is 6.42 Å². The van der Waals surface area contributed by atoms with Crippen LogP contribution in [0.3, 0.4) is 0 Å². The van der Waals surface area contributed by atoms with Crippen molar-refractivity contribution in [2.45, 2.75) is 141 Å². The maximum Gasteiger partial charge on any atom is 0.330 e. The van der Waals surface area contributed by atoms with Crippen LogP contribution in [0.4, 0.5) is 0 Å². The molecular weight excluding hydrogens is 412 g/mol. The quantitative estimate of drug-likeness (QED) is 0.0770. The summed E-state index contributed by atoms with van der Waals surface area (Å²) < 4.78 is 10.3. The lowest BCUT2D eigenvalue weighted by Gasteiger charge is -2.16. The van der Waals surface area contributed by atoms with Crippen molar-refractivity contribution in [3.8, 4) is 0 Å². The highest BCUT2D eigenvalue weighted by atomic mass is 16.6. The van der Waals surface area contributed by atoms with Crippen molar-refractivity contribution in [3.05, 3.63) is 25.3 Å². The first-order chi connectivity index (χ1) is 16.1. The van der Waals surface area contributed by atoms with Crippen LogP contribution in [0, 0.1) is 0 Å². The summed E-state index contributed by atoms with van der Waals surface area (Å²) in [6.07, 6.45) is 28.1. The molecule has 0 spiro atoms. The smallest absolute Gasteiger partial charge is 0.330 e. The molecule has 0 amide bonds. The molecule has 0 aromatic rings. The van der Waals surface area contributed by atoms with Crippen molar-refractivity contribution >= 4 is 11.9 Å². The van der Waals surface area contributed by atoms with E-state index in [1.54, 1.807) is 0 Å². The Labute approximate surface area is 204 Å². The first-order valence-electron chi connectivity index (χ1n) is 13.8. The Morgan fingerprint density at radius 3 is 1.33 bits per heavy atom. The van der Waals surface area contributed by atoms with Crippen LogP contribution in [-0.4, -0.2) is 24.6 Å². The van der Waals surface area contributed by atoms with E-state index in [-0.39, 0.29) is 6.61 Å². The zero-order valence-corrected chi connectivity index (χ0v) is 21.6. The molecule has 0 aromatic carbocycles. The second-order valence-corrected chi connectivity index (χ2v) is 9.25. The number of carbonyl (C=O) groups excluding carboxylic acids is 2. The highest BCUT2D eigenvalue weighted by Gasteiger charge is 2.14. The van der Waals surface area contributed by atoms with Crippen LogP contribution < -0.4 is 0 Å². The van der Waals surface area contributed by atoms with Crippen LogP contribution in [0.15, 0.2) is 25.3 Å². The Bertz CT molecular complexity index is 486. The molecule has 192 valence electrons. The highest BCUT2D eigenvalue weighted by molar-refractivity contribution is 5.82.